The van der Waals surface area contributed by atoms with E-state index in [0.717, 1.165) is 38.5 Å². The predicted molar refractivity (Wildman–Crippen MR) is 286 cm³/mol. The lowest BCUT2D eigenvalue weighted by molar-refractivity contribution is 0.390. The molecule has 1 aliphatic heterocycles. The number of benzene rings is 3. The molecule has 1 fully saturated rings. The Morgan fingerprint density at radius 3 is 2.21 bits per heavy atom. The first-order valence-corrected chi connectivity index (χ1v) is 26.6. The minimum atomic E-state index is 0.369. The van der Waals surface area contributed by atoms with Gasteiger partial charge in [0, 0.05) is 58.4 Å². The van der Waals surface area contributed by atoms with E-state index in [-0.39, 0.29) is 0 Å². The van der Waals surface area contributed by atoms with Crippen LogP contribution in [0.1, 0.15) is 128 Å². The van der Waals surface area contributed by atoms with E-state index in [2.05, 4.69) is 192 Å². The molecule has 0 amide bonds. The number of nitrogens with zero attached hydrogens (tertiary/aromatic N) is 2. The number of fused-ring (bicyclic) bond motifs is 6. The maximum atomic E-state index is 2.81. The molecule has 2 heterocycles. The maximum Gasteiger partial charge on any atom is 0.0545 e. The molecule has 340 valence electrons. The lowest BCUT2D eigenvalue weighted by Gasteiger charge is -2.35. The molecule has 0 bridgehead atoms. The number of aromatic nitrogens is 1. The van der Waals surface area contributed by atoms with Crippen molar-refractivity contribution in [3.63, 3.8) is 0 Å². The molecule has 9 aliphatic rings. The summed E-state index contributed by atoms with van der Waals surface area (Å²) in [6.07, 6.45) is 60.5. The van der Waals surface area contributed by atoms with E-state index in [9.17, 15) is 0 Å². The van der Waals surface area contributed by atoms with Gasteiger partial charge in [-0.1, -0.05) is 158 Å². The SMILES string of the molecule is C1=CCC(c2cc(-c3ccccc3)cc(C3C=CC(n4c5c(c6c4CCCC6)C=C(C4=CCC6C(C4)C4C=CC=CC4N6c4ccc(C6C=C(C7C=CCCC7)C=CC6)cc4)CC5)=CC3)c2)C=C1. The number of rotatable bonds is 8. The zero-order valence-electron chi connectivity index (χ0n) is 39.7. The second-order valence-corrected chi connectivity index (χ2v) is 21.4. The van der Waals surface area contributed by atoms with Crippen molar-refractivity contribution in [1.29, 1.82) is 0 Å². The lowest BCUT2D eigenvalue weighted by Crippen LogP contribution is -2.38. The Balaban J connectivity index is 0.757. The van der Waals surface area contributed by atoms with Crippen LogP contribution in [0, 0.1) is 17.8 Å². The molecular formula is C66H66N2. The van der Waals surface area contributed by atoms with Crippen molar-refractivity contribution in [2.75, 3.05) is 4.90 Å². The fraction of sp³-hybridized carbons (Fsp3) is 0.333. The Morgan fingerprint density at radius 1 is 0.544 bits per heavy atom. The van der Waals surface area contributed by atoms with Crippen LogP contribution in [0.25, 0.3) is 22.9 Å². The molecular weight excluding hydrogens is 821 g/mol. The van der Waals surface area contributed by atoms with Crippen LogP contribution < -0.4 is 4.90 Å². The van der Waals surface area contributed by atoms with Crippen LogP contribution in [0.2, 0.25) is 0 Å². The van der Waals surface area contributed by atoms with Gasteiger partial charge in [0.15, 0.2) is 0 Å². The molecule has 0 N–H and O–H groups in total. The summed E-state index contributed by atoms with van der Waals surface area (Å²) in [6, 6.07) is 29.1. The smallest absolute Gasteiger partial charge is 0.0545 e. The molecule has 13 rings (SSSR count). The van der Waals surface area contributed by atoms with Gasteiger partial charge in [-0.3, -0.25) is 0 Å². The van der Waals surface area contributed by atoms with E-state index < -0.39 is 0 Å². The summed E-state index contributed by atoms with van der Waals surface area (Å²) in [5, 5.41) is 0. The first kappa shape index (κ1) is 42.0. The van der Waals surface area contributed by atoms with Crippen LogP contribution in [-0.2, 0) is 19.3 Å². The highest BCUT2D eigenvalue weighted by molar-refractivity contribution is 5.74. The summed E-state index contributed by atoms with van der Waals surface area (Å²) in [5.74, 6) is 3.01. The number of hydrogen-bond donors (Lipinski definition) is 0. The fourth-order valence-corrected chi connectivity index (χ4v) is 14.0. The summed E-state index contributed by atoms with van der Waals surface area (Å²) in [4.78, 5) is 2.81. The zero-order chi connectivity index (χ0) is 45.0. The summed E-state index contributed by atoms with van der Waals surface area (Å²) < 4.78 is 2.73. The quantitative estimate of drug-likeness (QED) is 0.160. The van der Waals surface area contributed by atoms with Gasteiger partial charge in [-0.2, -0.15) is 0 Å². The van der Waals surface area contributed by atoms with E-state index in [1.54, 1.807) is 33.7 Å². The van der Waals surface area contributed by atoms with Crippen LogP contribution >= 0.6 is 0 Å². The van der Waals surface area contributed by atoms with Gasteiger partial charge in [0.25, 0.3) is 0 Å². The van der Waals surface area contributed by atoms with Gasteiger partial charge in [-0.25, -0.2) is 0 Å². The highest BCUT2D eigenvalue weighted by Gasteiger charge is 2.48. The topological polar surface area (TPSA) is 8.17 Å². The number of anilines is 1. The average molecular weight is 887 g/mol. The van der Waals surface area contributed by atoms with Crippen LogP contribution in [0.3, 0.4) is 0 Å². The average Bonchev–Trinajstić information content (AvgIpc) is 3.94. The molecule has 0 radical (unpaired) electrons. The van der Waals surface area contributed by atoms with Crippen molar-refractivity contribution < 1.29 is 0 Å². The third-order valence-corrected chi connectivity index (χ3v) is 17.5. The van der Waals surface area contributed by atoms with Gasteiger partial charge in [0.1, 0.15) is 0 Å². The third kappa shape index (κ3) is 7.73. The van der Waals surface area contributed by atoms with E-state index >= 15 is 0 Å². The second-order valence-electron chi connectivity index (χ2n) is 21.4. The summed E-state index contributed by atoms with van der Waals surface area (Å²) in [7, 11) is 0. The first-order valence-electron chi connectivity index (χ1n) is 26.6. The highest BCUT2D eigenvalue weighted by Crippen LogP contribution is 2.51. The van der Waals surface area contributed by atoms with Gasteiger partial charge in [-0.15, -0.1) is 0 Å². The van der Waals surface area contributed by atoms with E-state index in [0.29, 0.717) is 47.6 Å². The minimum absolute atomic E-state index is 0.369. The fourth-order valence-electron chi connectivity index (χ4n) is 14.0. The standard InChI is InChI=1S/C66H66N2/c1-4-15-45(16-5-1)50-21-14-22-51(39-50)48-27-33-57(34-28-48)67-63-25-12-10-23-59(63)61-43-52(31-37-65(61)67)53-32-38-66-62(44-53)60-24-11-13-26-64(60)68(66)58-35-29-49(30-36-58)56-41-54(46-17-6-2-7-18-46)40-55(42-56)47-19-8-3-9-20-47/h2-4,6-10,12,14-15,17-19,21,23,25,27-29,31,33-36,39-42,44-45,47,49,51,59,61,63,65H,1,5,11,13,16,20,22,24,26,30,32,37-38,43H2. The third-order valence-electron chi connectivity index (χ3n) is 17.5. The predicted octanol–water partition coefficient (Wildman–Crippen LogP) is 16.2. The zero-order valence-corrected chi connectivity index (χ0v) is 39.7. The molecule has 3 aromatic carbocycles. The summed E-state index contributed by atoms with van der Waals surface area (Å²) in [5.41, 5.74) is 20.9. The molecule has 2 heteroatoms. The largest absolute Gasteiger partial charge is 0.361 e. The van der Waals surface area contributed by atoms with Gasteiger partial charge < -0.3 is 9.47 Å². The van der Waals surface area contributed by atoms with Crippen molar-refractivity contribution in [3.8, 4) is 11.1 Å². The van der Waals surface area contributed by atoms with Gasteiger partial charge >= 0.3 is 0 Å². The molecule has 0 saturated carbocycles. The van der Waals surface area contributed by atoms with Crippen molar-refractivity contribution in [2.24, 2.45) is 17.8 Å². The van der Waals surface area contributed by atoms with E-state index in [1.165, 1.54) is 96.1 Å². The lowest BCUT2D eigenvalue weighted by atomic mass is 9.74. The van der Waals surface area contributed by atoms with Crippen molar-refractivity contribution in [2.45, 2.75) is 120 Å². The van der Waals surface area contributed by atoms with E-state index in [1.807, 2.05) is 0 Å². The Labute approximate surface area is 405 Å². The molecule has 1 aromatic heterocycles. The number of hydrogen-bond acceptors (Lipinski definition) is 1. The van der Waals surface area contributed by atoms with Crippen LogP contribution in [0.15, 0.2) is 193 Å². The molecule has 0 spiro atoms. The molecule has 8 aliphatic carbocycles. The van der Waals surface area contributed by atoms with Gasteiger partial charge in [0.05, 0.1) is 6.04 Å². The Kier molecular flexibility index (Phi) is 11.2. The first-order chi connectivity index (χ1) is 33.7. The van der Waals surface area contributed by atoms with Gasteiger partial charge in [0.2, 0.25) is 0 Å². The van der Waals surface area contributed by atoms with Crippen molar-refractivity contribution in [1.82, 2.24) is 4.57 Å². The van der Waals surface area contributed by atoms with Gasteiger partial charge in [-0.05, 0) is 176 Å². The van der Waals surface area contributed by atoms with Crippen LogP contribution in [0.5, 0.6) is 0 Å². The molecule has 8 unspecified atom stereocenters. The monoisotopic (exact) mass is 887 g/mol. The van der Waals surface area contributed by atoms with Crippen molar-refractivity contribution in [3.05, 3.63) is 232 Å². The van der Waals surface area contributed by atoms with Crippen molar-refractivity contribution >= 4 is 17.5 Å². The second kappa shape index (κ2) is 18.1. The van der Waals surface area contributed by atoms with Crippen LogP contribution in [-0.4, -0.2) is 16.7 Å². The maximum absolute atomic E-state index is 2.81. The Bertz CT molecular complexity index is 2940. The van der Waals surface area contributed by atoms with Crippen LogP contribution in [0.4, 0.5) is 5.69 Å². The number of allylic oxidation sites excluding steroid dienone is 18. The highest BCUT2D eigenvalue weighted by atomic mass is 15.2. The molecule has 68 heavy (non-hydrogen) atoms. The summed E-state index contributed by atoms with van der Waals surface area (Å²) >= 11 is 0. The normalized spacial score (nSPS) is 28.9. The minimum Gasteiger partial charge on any atom is -0.361 e. The molecule has 4 aromatic rings. The Hall–Kier alpha value is -6.12. The molecule has 1 saturated heterocycles. The summed E-state index contributed by atoms with van der Waals surface area (Å²) in [6.45, 7) is 0. The Morgan fingerprint density at radius 2 is 1.38 bits per heavy atom. The van der Waals surface area contributed by atoms with E-state index in [4.69, 9.17) is 0 Å². The molecule has 8 atom stereocenters. The molecule has 2 nitrogen and oxygen atoms in total.